The highest BCUT2D eigenvalue weighted by atomic mass is 16.7. The highest BCUT2D eigenvalue weighted by Gasteiger charge is 2.15. The topological polar surface area (TPSA) is 66.8 Å². The molecule has 4 nitrogen and oxygen atoms in total. The molecule has 1 atom stereocenters. The molecule has 4 heteroatoms. The van der Waals surface area contributed by atoms with Crippen molar-refractivity contribution in [3.8, 4) is 0 Å². The molecule has 0 aliphatic carbocycles. The van der Waals surface area contributed by atoms with E-state index >= 15 is 0 Å². The lowest BCUT2D eigenvalue weighted by Gasteiger charge is -2.15. The summed E-state index contributed by atoms with van der Waals surface area (Å²) in [5.74, 6) is 0. The van der Waals surface area contributed by atoms with Gasteiger partial charge in [0.15, 0.2) is 0 Å². The quantitative estimate of drug-likeness (QED) is 0.575. The van der Waals surface area contributed by atoms with Gasteiger partial charge < -0.3 is 14.9 Å². The lowest BCUT2D eigenvalue weighted by Crippen LogP contribution is -2.09. The minimum atomic E-state index is -1.27. The predicted molar refractivity (Wildman–Crippen MR) is 59.2 cm³/mol. The fourth-order valence-electron chi connectivity index (χ4n) is 1.52. The average molecular weight is 224 g/mol. The predicted octanol–water partition coefficient (Wildman–Crippen LogP) is 2.58. The van der Waals surface area contributed by atoms with Gasteiger partial charge in [0, 0.05) is 6.61 Å². The smallest absolute Gasteiger partial charge is 0.450 e. The number of rotatable bonds is 6. The summed E-state index contributed by atoms with van der Waals surface area (Å²) in [6.07, 6.45) is 0.287. The molecule has 0 saturated carbocycles. The van der Waals surface area contributed by atoms with Gasteiger partial charge in [-0.05, 0) is 24.8 Å². The Morgan fingerprint density at radius 3 is 2.50 bits per heavy atom. The van der Waals surface area contributed by atoms with Gasteiger partial charge in [-0.2, -0.15) is 0 Å². The van der Waals surface area contributed by atoms with Crippen LogP contribution in [0.15, 0.2) is 30.3 Å². The van der Waals surface area contributed by atoms with Crippen LogP contribution in [0.3, 0.4) is 0 Å². The molecular formula is C12H16O4. The third-order valence-corrected chi connectivity index (χ3v) is 2.29. The third kappa shape index (κ3) is 4.31. The Morgan fingerprint density at radius 1 is 1.25 bits per heavy atom. The lowest BCUT2D eigenvalue weighted by atomic mass is 10.0. The second kappa shape index (κ2) is 6.85. The maximum absolute atomic E-state index is 10.5. The van der Waals surface area contributed by atoms with E-state index in [0.717, 1.165) is 12.0 Å². The van der Waals surface area contributed by atoms with Crippen LogP contribution in [0.4, 0.5) is 4.79 Å². The first-order chi connectivity index (χ1) is 7.74. The zero-order valence-electron chi connectivity index (χ0n) is 9.00. The van der Waals surface area contributed by atoms with Crippen molar-refractivity contribution >= 4 is 6.16 Å². The molecule has 0 heterocycles. The van der Waals surface area contributed by atoms with Gasteiger partial charge in [-0.25, -0.2) is 4.79 Å². The van der Waals surface area contributed by atoms with E-state index in [1.54, 1.807) is 0 Å². The van der Waals surface area contributed by atoms with E-state index in [4.69, 9.17) is 14.9 Å². The minimum absolute atomic E-state index is 0.120. The van der Waals surface area contributed by atoms with Crippen molar-refractivity contribution in [2.24, 2.45) is 0 Å². The van der Waals surface area contributed by atoms with Gasteiger partial charge in [-0.15, -0.1) is 0 Å². The van der Waals surface area contributed by atoms with Crippen molar-refractivity contribution in [1.29, 1.82) is 0 Å². The molecule has 1 unspecified atom stereocenters. The zero-order valence-corrected chi connectivity index (χ0v) is 9.00. The van der Waals surface area contributed by atoms with Gasteiger partial charge in [-0.3, -0.25) is 0 Å². The molecule has 1 aromatic rings. The highest BCUT2D eigenvalue weighted by molar-refractivity contribution is 5.57. The van der Waals surface area contributed by atoms with E-state index in [-0.39, 0.29) is 6.61 Å². The second-order valence-corrected chi connectivity index (χ2v) is 3.50. The summed E-state index contributed by atoms with van der Waals surface area (Å²) in [6.45, 7) is 0.120. The first kappa shape index (κ1) is 12.5. The number of benzene rings is 1. The van der Waals surface area contributed by atoms with Crippen LogP contribution in [0.1, 0.15) is 30.9 Å². The molecule has 0 amide bonds. The Kier molecular flexibility index (Phi) is 5.36. The molecule has 0 radical (unpaired) electrons. The van der Waals surface area contributed by atoms with Gasteiger partial charge in [0.2, 0.25) is 0 Å². The van der Waals surface area contributed by atoms with E-state index in [9.17, 15) is 4.79 Å². The van der Waals surface area contributed by atoms with Crippen molar-refractivity contribution in [1.82, 2.24) is 0 Å². The van der Waals surface area contributed by atoms with Gasteiger partial charge in [-0.1, -0.05) is 30.3 Å². The lowest BCUT2D eigenvalue weighted by molar-refractivity contribution is 0.0460. The number of ether oxygens (including phenoxy) is 1. The molecule has 0 aromatic heterocycles. The maximum Gasteiger partial charge on any atom is 0.506 e. The SMILES string of the molecule is O=C(O)OC(CCCCO)c1ccccc1. The van der Waals surface area contributed by atoms with Crippen LogP contribution in [-0.2, 0) is 4.74 Å². The first-order valence-electron chi connectivity index (χ1n) is 5.29. The molecule has 1 rings (SSSR count). The molecule has 16 heavy (non-hydrogen) atoms. The van der Waals surface area contributed by atoms with Crippen molar-refractivity contribution in [3.63, 3.8) is 0 Å². The van der Waals surface area contributed by atoms with Crippen LogP contribution in [0, 0.1) is 0 Å². The highest BCUT2D eigenvalue weighted by Crippen LogP contribution is 2.23. The van der Waals surface area contributed by atoms with Gasteiger partial charge >= 0.3 is 6.16 Å². The number of carbonyl (C=O) groups is 1. The summed E-state index contributed by atoms with van der Waals surface area (Å²) in [5.41, 5.74) is 0.850. The van der Waals surface area contributed by atoms with Crippen molar-refractivity contribution in [2.75, 3.05) is 6.61 Å². The van der Waals surface area contributed by atoms with Crippen molar-refractivity contribution in [2.45, 2.75) is 25.4 Å². The standard InChI is InChI=1S/C12H16O4/c13-9-5-4-8-11(16-12(14)15)10-6-2-1-3-7-10/h1-3,6-7,11,13H,4-5,8-9H2,(H,14,15). The molecule has 0 bridgehead atoms. The Balaban J connectivity index is 2.60. The van der Waals surface area contributed by atoms with Crippen LogP contribution in [0.2, 0.25) is 0 Å². The number of hydrogen-bond acceptors (Lipinski definition) is 3. The molecule has 0 fully saturated rings. The summed E-state index contributed by atoms with van der Waals surface area (Å²) in [6, 6.07) is 9.24. The Bertz CT molecular complexity index is 310. The average Bonchev–Trinajstić information content (AvgIpc) is 2.29. The van der Waals surface area contributed by atoms with E-state index in [1.807, 2.05) is 30.3 Å². The summed E-state index contributed by atoms with van der Waals surface area (Å²) in [7, 11) is 0. The van der Waals surface area contributed by atoms with Gasteiger partial charge in [0.25, 0.3) is 0 Å². The molecule has 0 aliphatic heterocycles. The molecule has 0 aliphatic rings. The van der Waals surface area contributed by atoms with Gasteiger partial charge in [0.05, 0.1) is 0 Å². The van der Waals surface area contributed by atoms with Crippen molar-refractivity contribution in [3.05, 3.63) is 35.9 Å². The summed E-state index contributed by atoms with van der Waals surface area (Å²) >= 11 is 0. The largest absolute Gasteiger partial charge is 0.506 e. The normalized spacial score (nSPS) is 12.1. The number of carboxylic acid groups (broad SMARTS) is 1. The van der Waals surface area contributed by atoms with E-state index in [2.05, 4.69) is 0 Å². The molecule has 88 valence electrons. The second-order valence-electron chi connectivity index (χ2n) is 3.50. The number of hydrogen-bond donors (Lipinski definition) is 2. The number of aliphatic hydroxyl groups is 1. The first-order valence-corrected chi connectivity index (χ1v) is 5.29. The Labute approximate surface area is 94.5 Å². The van der Waals surface area contributed by atoms with E-state index < -0.39 is 12.3 Å². The van der Waals surface area contributed by atoms with Gasteiger partial charge in [0.1, 0.15) is 6.10 Å². The van der Waals surface area contributed by atoms with Crippen molar-refractivity contribution < 1.29 is 19.7 Å². The molecule has 2 N–H and O–H groups in total. The zero-order chi connectivity index (χ0) is 11.8. The Morgan fingerprint density at radius 2 is 1.94 bits per heavy atom. The summed E-state index contributed by atoms with van der Waals surface area (Å²) < 4.78 is 4.82. The summed E-state index contributed by atoms with van der Waals surface area (Å²) in [4.78, 5) is 10.5. The maximum atomic E-state index is 10.5. The molecular weight excluding hydrogens is 208 g/mol. The van der Waals surface area contributed by atoms with E-state index in [1.165, 1.54) is 0 Å². The Hall–Kier alpha value is -1.55. The summed E-state index contributed by atoms with van der Waals surface area (Å²) in [5, 5.41) is 17.3. The minimum Gasteiger partial charge on any atom is -0.450 e. The van der Waals surface area contributed by atoms with E-state index in [0.29, 0.717) is 12.8 Å². The van der Waals surface area contributed by atoms with Crippen LogP contribution in [-0.4, -0.2) is 23.0 Å². The van der Waals surface area contributed by atoms with Crippen LogP contribution in [0.5, 0.6) is 0 Å². The van der Waals surface area contributed by atoms with Crippen LogP contribution < -0.4 is 0 Å². The fraction of sp³-hybridized carbons (Fsp3) is 0.417. The monoisotopic (exact) mass is 224 g/mol. The molecule has 0 spiro atoms. The fourth-order valence-corrected chi connectivity index (χ4v) is 1.52. The molecule has 0 saturated heterocycles. The third-order valence-electron chi connectivity index (χ3n) is 2.29. The van der Waals surface area contributed by atoms with Crippen LogP contribution >= 0.6 is 0 Å². The number of unbranched alkanes of at least 4 members (excludes halogenated alkanes) is 1. The number of aliphatic hydroxyl groups excluding tert-OH is 1. The molecule has 1 aromatic carbocycles. The van der Waals surface area contributed by atoms with Crippen LogP contribution in [0.25, 0.3) is 0 Å².